The van der Waals surface area contributed by atoms with E-state index in [-0.39, 0.29) is 6.61 Å². The number of rotatable bonds is 3. The van der Waals surface area contributed by atoms with Crippen LogP contribution < -0.4 is 0 Å². The molecule has 1 radical (unpaired) electrons. The Labute approximate surface area is 53.9 Å². The number of carbonyl (C=O) groups is 1. The maximum Gasteiger partial charge on any atom is 0.550 e. The van der Waals surface area contributed by atoms with Crippen molar-refractivity contribution in [2.75, 3.05) is 6.61 Å². The predicted octanol–water partition coefficient (Wildman–Crippen LogP) is 1.52. The molecule has 3 nitrogen and oxygen atoms in total. The molecule has 0 spiro atoms. The zero-order valence-electron chi connectivity index (χ0n) is 5.29. The van der Waals surface area contributed by atoms with Gasteiger partial charge in [-0.15, -0.1) is 0 Å². The monoisotopic (exact) mass is 129 g/mol. The molecule has 0 atom stereocenters. The van der Waals surface area contributed by atoms with Crippen molar-refractivity contribution < 1.29 is 14.6 Å². The highest BCUT2D eigenvalue weighted by Gasteiger charge is 1.93. The van der Waals surface area contributed by atoms with Gasteiger partial charge in [-0.3, -0.25) is 0 Å². The molecule has 0 fully saturated rings. The van der Waals surface area contributed by atoms with Crippen LogP contribution in [0.25, 0.3) is 0 Å². The first kappa shape index (κ1) is 8.01. The van der Waals surface area contributed by atoms with Gasteiger partial charge in [-0.05, 0) is 6.42 Å². The van der Waals surface area contributed by atoms with Crippen molar-refractivity contribution in [1.29, 1.82) is 0 Å². The third-order valence-corrected chi connectivity index (χ3v) is 0.700. The van der Waals surface area contributed by atoms with Gasteiger partial charge in [0.2, 0.25) is 0 Å². The van der Waals surface area contributed by atoms with Gasteiger partial charge in [0.25, 0.3) is 0 Å². The van der Waals surface area contributed by atoms with E-state index in [1.54, 1.807) is 6.08 Å². The molecule has 0 aliphatic heterocycles. The smallest absolute Gasteiger partial charge is 0.428 e. The molecule has 0 bridgehead atoms. The van der Waals surface area contributed by atoms with Gasteiger partial charge < -0.3 is 4.74 Å². The predicted molar refractivity (Wildman–Crippen MR) is 31.5 cm³/mol. The summed E-state index contributed by atoms with van der Waals surface area (Å²) in [5.41, 5.74) is 0. The van der Waals surface area contributed by atoms with E-state index in [0.29, 0.717) is 0 Å². The number of hydrogen-bond acceptors (Lipinski definition) is 2. The van der Waals surface area contributed by atoms with Crippen LogP contribution >= 0.6 is 0 Å². The molecule has 0 rings (SSSR count). The molecule has 51 valence electrons. The summed E-state index contributed by atoms with van der Waals surface area (Å²) in [5, 5.41) is 9.60. The van der Waals surface area contributed by atoms with Crippen molar-refractivity contribution in [2.45, 2.75) is 13.3 Å². The van der Waals surface area contributed by atoms with Crippen molar-refractivity contribution in [1.82, 2.24) is 0 Å². The number of allylic oxidation sites excluding steroid dienone is 1. The summed E-state index contributed by atoms with van der Waals surface area (Å²) in [5.74, 6) is 0. The Morgan fingerprint density at radius 2 is 2.22 bits per heavy atom. The fourth-order valence-electron chi connectivity index (χ4n) is 0.351. The summed E-state index contributed by atoms with van der Waals surface area (Å²) in [6, 6.07) is 0. The first-order chi connectivity index (χ1) is 4.27. The molecular formula is C6H9O3. The van der Waals surface area contributed by atoms with Crippen molar-refractivity contribution in [3.63, 3.8) is 0 Å². The molecule has 9 heavy (non-hydrogen) atoms. The van der Waals surface area contributed by atoms with E-state index in [1.807, 2.05) is 13.0 Å². The molecule has 0 aromatic carbocycles. The Morgan fingerprint density at radius 3 is 2.67 bits per heavy atom. The first-order valence-corrected chi connectivity index (χ1v) is 2.76. The summed E-state index contributed by atoms with van der Waals surface area (Å²) in [4.78, 5) is 9.60. The molecule has 0 aromatic rings. The van der Waals surface area contributed by atoms with Gasteiger partial charge in [-0.2, -0.15) is 9.90 Å². The Bertz CT molecular complexity index is 107. The second-order valence-electron chi connectivity index (χ2n) is 1.44. The molecule has 0 amide bonds. The molecule has 3 heteroatoms. The average molecular weight is 129 g/mol. The lowest BCUT2D eigenvalue weighted by Gasteiger charge is -1.88. The lowest BCUT2D eigenvalue weighted by Crippen LogP contribution is -1.96. The molecule has 0 saturated heterocycles. The van der Waals surface area contributed by atoms with E-state index in [9.17, 15) is 9.90 Å². The minimum Gasteiger partial charge on any atom is -0.428 e. The number of ether oxygens (including phenoxy) is 1. The van der Waals surface area contributed by atoms with Crippen LogP contribution in [0, 0.1) is 0 Å². The van der Waals surface area contributed by atoms with E-state index in [0.717, 1.165) is 6.42 Å². The molecule has 0 N–H and O–H groups in total. The molecular weight excluding hydrogens is 120 g/mol. The van der Waals surface area contributed by atoms with Crippen LogP contribution in [0.1, 0.15) is 13.3 Å². The highest BCUT2D eigenvalue weighted by Crippen LogP contribution is 1.81. The van der Waals surface area contributed by atoms with Crippen molar-refractivity contribution in [2.24, 2.45) is 0 Å². The van der Waals surface area contributed by atoms with Crippen LogP contribution in [-0.2, 0) is 9.84 Å². The van der Waals surface area contributed by atoms with Gasteiger partial charge in [0.05, 0.1) is 0 Å². The van der Waals surface area contributed by atoms with Gasteiger partial charge in [0.1, 0.15) is 6.61 Å². The normalized spacial score (nSPS) is 9.89. The Balaban J connectivity index is 3.09. The van der Waals surface area contributed by atoms with E-state index in [2.05, 4.69) is 4.74 Å². The highest BCUT2D eigenvalue weighted by molar-refractivity contribution is 5.56. The van der Waals surface area contributed by atoms with Gasteiger partial charge >= 0.3 is 6.16 Å². The van der Waals surface area contributed by atoms with E-state index in [1.165, 1.54) is 0 Å². The van der Waals surface area contributed by atoms with Crippen LogP contribution in [0.5, 0.6) is 0 Å². The maximum absolute atomic E-state index is 9.60. The topological polar surface area (TPSA) is 46.2 Å². The molecule has 0 aliphatic carbocycles. The Hall–Kier alpha value is -0.990. The molecule has 0 aliphatic rings. The summed E-state index contributed by atoms with van der Waals surface area (Å²) in [6.07, 6.45) is 2.87. The quantitative estimate of drug-likeness (QED) is 0.428. The standard InChI is InChI=1S/C6H9O3/c1-2-3-4-5-9-6(7)8/h3-4H,2,5H2,1H3/b4-3+. The largest absolute Gasteiger partial charge is 0.550 e. The second kappa shape index (κ2) is 5.15. The zero-order chi connectivity index (χ0) is 7.11. The molecule has 0 saturated carbocycles. The van der Waals surface area contributed by atoms with Crippen LogP contribution in [0.15, 0.2) is 12.2 Å². The van der Waals surface area contributed by atoms with Gasteiger partial charge in [0, 0.05) is 0 Å². The summed E-state index contributed by atoms with van der Waals surface area (Å²) < 4.78 is 4.06. The molecule has 0 heterocycles. The van der Waals surface area contributed by atoms with Crippen LogP contribution in [0.2, 0.25) is 0 Å². The number of hydrogen-bond donors (Lipinski definition) is 0. The van der Waals surface area contributed by atoms with Crippen molar-refractivity contribution in [3.8, 4) is 0 Å². The lowest BCUT2D eigenvalue weighted by atomic mass is 10.4. The van der Waals surface area contributed by atoms with Crippen LogP contribution in [0.3, 0.4) is 0 Å². The van der Waals surface area contributed by atoms with Crippen molar-refractivity contribution >= 4 is 6.16 Å². The van der Waals surface area contributed by atoms with Crippen LogP contribution in [-0.4, -0.2) is 12.8 Å². The SMILES string of the molecule is CC/C=C/COC([O])=O. The van der Waals surface area contributed by atoms with Gasteiger partial charge in [-0.25, -0.2) is 0 Å². The third kappa shape index (κ3) is 7.01. The Morgan fingerprint density at radius 1 is 1.56 bits per heavy atom. The van der Waals surface area contributed by atoms with Gasteiger partial charge in [0.15, 0.2) is 0 Å². The molecule has 0 aromatic heterocycles. The zero-order valence-corrected chi connectivity index (χ0v) is 5.29. The second-order valence-corrected chi connectivity index (χ2v) is 1.44. The fraction of sp³-hybridized carbons (Fsp3) is 0.500. The van der Waals surface area contributed by atoms with Gasteiger partial charge in [-0.1, -0.05) is 19.1 Å². The Kier molecular flexibility index (Phi) is 4.59. The molecule has 0 unspecified atom stereocenters. The maximum atomic E-state index is 9.60. The average Bonchev–Trinajstić information content (AvgIpc) is 1.80. The number of carbonyl (C=O) groups excluding carboxylic acids is 1. The minimum atomic E-state index is -1.48. The van der Waals surface area contributed by atoms with Crippen LogP contribution in [0.4, 0.5) is 4.79 Å². The van der Waals surface area contributed by atoms with E-state index < -0.39 is 6.16 Å². The third-order valence-electron chi connectivity index (χ3n) is 0.700. The minimum absolute atomic E-state index is 0.0934. The highest BCUT2D eigenvalue weighted by atomic mass is 16.7. The summed E-state index contributed by atoms with van der Waals surface area (Å²) in [6.45, 7) is 2.05. The fourth-order valence-corrected chi connectivity index (χ4v) is 0.351. The van der Waals surface area contributed by atoms with Crippen molar-refractivity contribution in [3.05, 3.63) is 12.2 Å². The first-order valence-electron chi connectivity index (χ1n) is 2.76. The lowest BCUT2D eigenvalue weighted by molar-refractivity contribution is 0.0769. The summed E-state index contributed by atoms with van der Waals surface area (Å²) in [7, 11) is 0. The summed E-state index contributed by atoms with van der Waals surface area (Å²) >= 11 is 0. The van der Waals surface area contributed by atoms with E-state index in [4.69, 9.17) is 0 Å². The van der Waals surface area contributed by atoms with E-state index >= 15 is 0 Å².